The van der Waals surface area contributed by atoms with Crippen molar-refractivity contribution in [3.63, 3.8) is 0 Å². The molecule has 0 aliphatic carbocycles. The van der Waals surface area contributed by atoms with E-state index in [0.29, 0.717) is 12.1 Å². The highest BCUT2D eigenvalue weighted by Crippen LogP contribution is 2.44. The molecule has 8 heteroatoms. The van der Waals surface area contributed by atoms with Crippen LogP contribution in [0.25, 0.3) is 10.8 Å². The van der Waals surface area contributed by atoms with Crippen LogP contribution < -0.4 is 10.6 Å². The number of nitrogens with two attached hydrogens (primary N) is 1. The molecular formula is C20H16F5N3. The van der Waals surface area contributed by atoms with Gasteiger partial charge < -0.3 is 10.6 Å². The van der Waals surface area contributed by atoms with Crippen LogP contribution in [0.3, 0.4) is 0 Å². The van der Waals surface area contributed by atoms with Gasteiger partial charge in [-0.15, -0.1) is 0 Å². The Kier molecular flexibility index (Phi) is 4.97. The molecule has 0 saturated heterocycles. The van der Waals surface area contributed by atoms with Gasteiger partial charge in [-0.1, -0.05) is 48.5 Å². The molecule has 3 aromatic rings. The van der Waals surface area contributed by atoms with E-state index >= 15 is 0 Å². The summed E-state index contributed by atoms with van der Waals surface area (Å²) in [4.78, 5) is 5.56. The Hall–Kier alpha value is -3.16. The predicted octanol–water partition coefficient (Wildman–Crippen LogP) is 5.58. The molecule has 28 heavy (non-hydrogen) atoms. The highest BCUT2D eigenvalue weighted by Gasteiger charge is 2.58. The summed E-state index contributed by atoms with van der Waals surface area (Å²) < 4.78 is 64.9. The summed E-state index contributed by atoms with van der Waals surface area (Å²) in [6.07, 6.45) is -5.69. The lowest BCUT2D eigenvalue weighted by Gasteiger charge is -2.21. The minimum absolute atomic E-state index is 0.0520. The maximum absolute atomic E-state index is 13.6. The number of hydrogen-bond acceptors (Lipinski definition) is 1. The number of alkyl halides is 5. The monoisotopic (exact) mass is 393 g/mol. The van der Waals surface area contributed by atoms with Crippen LogP contribution in [0.5, 0.6) is 0 Å². The molecule has 0 bridgehead atoms. The molecule has 0 atom stereocenters. The van der Waals surface area contributed by atoms with Crippen LogP contribution in [0.4, 0.5) is 33.3 Å². The molecule has 0 saturated carbocycles. The van der Waals surface area contributed by atoms with Gasteiger partial charge in [-0.2, -0.15) is 22.0 Å². The summed E-state index contributed by atoms with van der Waals surface area (Å²) in [5, 5.41) is 1.86. The average Bonchev–Trinajstić information content (AvgIpc) is 2.66. The van der Waals surface area contributed by atoms with Crippen molar-refractivity contribution in [3.05, 3.63) is 72.3 Å². The molecule has 0 aromatic heterocycles. The maximum atomic E-state index is 13.6. The predicted molar refractivity (Wildman–Crippen MR) is 100 cm³/mol. The van der Waals surface area contributed by atoms with E-state index in [2.05, 4.69) is 4.99 Å². The first kappa shape index (κ1) is 19.6. The van der Waals surface area contributed by atoms with E-state index in [1.165, 1.54) is 11.0 Å². The van der Waals surface area contributed by atoms with E-state index in [-0.39, 0.29) is 11.6 Å². The summed E-state index contributed by atoms with van der Waals surface area (Å²) in [5.74, 6) is -5.03. The summed E-state index contributed by atoms with van der Waals surface area (Å²) in [7, 11) is 1.63. The van der Waals surface area contributed by atoms with Gasteiger partial charge in [0.15, 0.2) is 0 Å². The smallest absolute Gasteiger partial charge is 0.369 e. The van der Waals surface area contributed by atoms with E-state index in [9.17, 15) is 22.0 Å². The minimum atomic E-state index is -5.69. The third-order valence-electron chi connectivity index (χ3n) is 4.28. The maximum Gasteiger partial charge on any atom is 0.458 e. The number of guanidine groups is 1. The van der Waals surface area contributed by atoms with Crippen molar-refractivity contribution in [1.29, 1.82) is 0 Å². The van der Waals surface area contributed by atoms with Crippen LogP contribution in [0.2, 0.25) is 0 Å². The normalized spacial score (nSPS) is 13.0. The van der Waals surface area contributed by atoms with E-state index in [1.54, 1.807) is 13.1 Å². The Bertz CT molecular complexity index is 1020. The first-order chi connectivity index (χ1) is 13.1. The molecule has 2 N–H and O–H groups in total. The largest absolute Gasteiger partial charge is 0.458 e. The van der Waals surface area contributed by atoms with Gasteiger partial charge in [0.2, 0.25) is 5.96 Å². The number of anilines is 1. The van der Waals surface area contributed by atoms with Crippen LogP contribution in [0.1, 0.15) is 5.56 Å². The highest BCUT2D eigenvalue weighted by molar-refractivity contribution is 6.04. The van der Waals surface area contributed by atoms with Crippen molar-refractivity contribution in [3.8, 4) is 0 Å². The number of halogens is 5. The topological polar surface area (TPSA) is 41.6 Å². The number of fused-ring (bicyclic) bond motifs is 1. The second kappa shape index (κ2) is 7.10. The van der Waals surface area contributed by atoms with Gasteiger partial charge >= 0.3 is 12.1 Å². The fourth-order valence-electron chi connectivity index (χ4n) is 2.77. The van der Waals surface area contributed by atoms with Crippen LogP contribution >= 0.6 is 0 Å². The first-order valence-electron chi connectivity index (χ1n) is 8.22. The Morgan fingerprint density at radius 1 is 0.893 bits per heavy atom. The van der Waals surface area contributed by atoms with Gasteiger partial charge in [-0.05, 0) is 23.6 Å². The lowest BCUT2D eigenvalue weighted by atomic mass is 10.1. The first-order valence-corrected chi connectivity index (χ1v) is 8.22. The van der Waals surface area contributed by atoms with Gasteiger partial charge in [0.1, 0.15) is 0 Å². The van der Waals surface area contributed by atoms with E-state index in [1.807, 2.05) is 36.4 Å². The van der Waals surface area contributed by atoms with Gasteiger partial charge in [0.25, 0.3) is 0 Å². The molecule has 0 spiro atoms. The Labute approximate surface area is 157 Å². The van der Waals surface area contributed by atoms with Crippen molar-refractivity contribution in [2.75, 3.05) is 11.9 Å². The quantitative estimate of drug-likeness (QED) is 0.359. The number of hydrogen-bond donors (Lipinski definition) is 1. The lowest BCUT2D eigenvalue weighted by Crippen LogP contribution is -2.34. The van der Waals surface area contributed by atoms with Crippen LogP contribution in [0.15, 0.2) is 71.7 Å². The van der Waals surface area contributed by atoms with Crippen LogP contribution in [-0.2, 0) is 5.92 Å². The Morgan fingerprint density at radius 2 is 1.54 bits per heavy atom. The second-order valence-electron chi connectivity index (χ2n) is 6.15. The molecule has 0 aliphatic heterocycles. The SMILES string of the molecule is CN(C(N)=Nc1cccc(C(F)(F)C(F)(F)F)c1)c1cccc2ccccc12. The number of aliphatic imine (C=N–C) groups is 1. The molecule has 0 fully saturated rings. The van der Waals surface area contributed by atoms with Gasteiger partial charge in [-0.3, -0.25) is 0 Å². The highest BCUT2D eigenvalue weighted by atomic mass is 19.4. The number of nitrogens with zero attached hydrogens (tertiary/aromatic N) is 2. The summed E-state index contributed by atoms with van der Waals surface area (Å²) in [5.41, 5.74) is 5.40. The third kappa shape index (κ3) is 3.62. The molecule has 146 valence electrons. The molecule has 0 heterocycles. The number of benzene rings is 3. The molecule has 0 amide bonds. The van der Waals surface area contributed by atoms with E-state index in [4.69, 9.17) is 5.73 Å². The average molecular weight is 393 g/mol. The van der Waals surface area contributed by atoms with Crippen molar-refractivity contribution in [2.24, 2.45) is 10.7 Å². The Morgan fingerprint density at radius 3 is 2.25 bits per heavy atom. The molecule has 3 aromatic carbocycles. The molecule has 3 nitrogen and oxygen atoms in total. The molecule has 0 aliphatic rings. The zero-order valence-electron chi connectivity index (χ0n) is 14.7. The van der Waals surface area contributed by atoms with Crippen LogP contribution in [-0.4, -0.2) is 19.2 Å². The van der Waals surface area contributed by atoms with E-state index < -0.39 is 17.7 Å². The third-order valence-corrected chi connectivity index (χ3v) is 4.28. The fraction of sp³-hybridized carbons (Fsp3) is 0.150. The zero-order chi connectivity index (χ0) is 20.5. The van der Waals surface area contributed by atoms with Crippen molar-refractivity contribution in [1.82, 2.24) is 0 Å². The zero-order valence-corrected chi connectivity index (χ0v) is 14.7. The Balaban J connectivity index is 1.97. The van der Waals surface area contributed by atoms with E-state index in [0.717, 1.165) is 22.5 Å². The molecule has 0 unspecified atom stereocenters. The molecule has 0 radical (unpaired) electrons. The molecular weight excluding hydrogens is 377 g/mol. The van der Waals surface area contributed by atoms with Gasteiger partial charge in [0, 0.05) is 18.0 Å². The second-order valence-corrected chi connectivity index (χ2v) is 6.15. The minimum Gasteiger partial charge on any atom is -0.369 e. The van der Waals surface area contributed by atoms with Gasteiger partial charge in [-0.25, -0.2) is 4.99 Å². The van der Waals surface area contributed by atoms with Crippen molar-refractivity contribution in [2.45, 2.75) is 12.1 Å². The summed E-state index contributed by atoms with van der Waals surface area (Å²) >= 11 is 0. The van der Waals surface area contributed by atoms with Crippen LogP contribution in [0, 0.1) is 0 Å². The summed E-state index contributed by atoms with van der Waals surface area (Å²) in [6.45, 7) is 0. The standard InChI is InChI=1S/C20H16F5N3/c1-28(17-11-4-7-13-6-2-3-10-16(13)17)18(26)27-15-9-5-8-14(12-15)19(21,22)20(23,24)25/h2-12H,1H3,(H2,26,27). The van der Waals surface area contributed by atoms with Gasteiger partial charge in [0.05, 0.1) is 11.4 Å². The van der Waals surface area contributed by atoms with Crippen molar-refractivity contribution >= 4 is 28.1 Å². The number of rotatable bonds is 3. The lowest BCUT2D eigenvalue weighted by molar-refractivity contribution is -0.289. The molecule has 3 rings (SSSR count). The fourth-order valence-corrected chi connectivity index (χ4v) is 2.77. The summed E-state index contributed by atoms with van der Waals surface area (Å²) in [6, 6.07) is 16.9. The van der Waals surface area contributed by atoms with Crippen molar-refractivity contribution < 1.29 is 22.0 Å².